The number of amides is 3. The summed E-state index contributed by atoms with van der Waals surface area (Å²) in [6.07, 6.45) is 0. The zero-order valence-electron chi connectivity index (χ0n) is 23.7. The molecule has 2 aliphatic heterocycles. The minimum absolute atomic E-state index is 0.196. The summed E-state index contributed by atoms with van der Waals surface area (Å²) in [7, 11) is 0. The lowest BCUT2D eigenvalue weighted by Gasteiger charge is -2.29. The van der Waals surface area contributed by atoms with E-state index in [1.165, 1.54) is 23.9 Å². The highest BCUT2D eigenvalue weighted by atomic mass is 32.2. The van der Waals surface area contributed by atoms with Gasteiger partial charge in [0, 0.05) is 16.5 Å². The molecule has 6 rings (SSSR count). The van der Waals surface area contributed by atoms with Crippen molar-refractivity contribution < 1.29 is 28.7 Å². The van der Waals surface area contributed by atoms with Crippen molar-refractivity contribution in [3.05, 3.63) is 104 Å². The van der Waals surface area contributed by atoms with Gasteiger partial charge in [0.1, 0.15) is 11.0 Å². The number of aromatic amines is 1. The third-order valence-corrected chi connectivity index (χ3v) is 9.81. The number of aromatic nitrogens is 1. The zero-order chi connectivity index (χ0) is 31.0. The van der Waals surface area contributed by atoms with Gasteiger partial charge >= 0.3 is 10.8 Å². The van der Waals surface area contributed by atoms with E-state index in [0.717, 1.165) is 27.4 Å². The highest BCUT2D eigenvalue weighted by Gasteiger charge is 2.56. The second-order valence-electron chi connectivity index (χ2n) is 10.3. The van der Waals surface area contributed by atoms with Crippen molar-refractivity contribution in [2.45, 2.75) is 30.0 Å². The molecule has 3 amide bonds. The Morgan fingerprint density at radius 1 is 0.932 bits per heavy atom. The highest BCUT2D eigenvalue weighted by molar-refractivity contribution is 8.00. The van der Waals surface area contributed by atoms with Crippen LogP contribution in [-0.2, 0) is 19.1 Å². The van der Waals surface area contributed by atoms with Crippen LogP contribution >= 0.6 is 23.1 Å². The Morgan fingerprint density at radius 3 is 2.32 bits per heavy atom. The van der Waals surface area contributed by atoms with Crippen LogP contribution in [0.5, 0.6) is 5.75 Å². The normalized spacial score (nSPS) is 18.9. The maximum Gasteiger partial charge on any atom is 0.338 e. The summed E-state index contributed by atoms with van der Waals surface area (Å²) >= 11 is 2.21. The molecule has 1 saturated heterocycles. The number of fused-ring (bicyclic) bond motifs is 2. The number of anilines is 2. The Balaban J connectivity index is 1.22. The van der Waals surface area contributed by atoms with Gasteiger partial charge in [0.15, 0.2) is 6.61 Å². The number of benzene rings is 3. The van der Waals surface area contributed by atoms with E-state index in [1.54, 1.807) is 43.3 Å². The number of esters is 1. The molecular weight excluding hydrogens is 603 g/mol. The molecule has 224 valence electrons. The van der Waals surface area contributed by atoms with E-state index in [1.807, 2.05) is 31.2 Å². The van der Waals surface area contributed by atoms with Crippen molar-refractivity contribution >= 4 is 58.2 Å². The second kappa shape index (κ2) is 12.1. The van der Waals surface area contributed by atoms with Gasteiger partial charge in [0.25, 0.3) is 5.91 Å². The number of thioether (sulfide) groups is 1. The first kappa shape index (κ1) is 29.4. The minimum atomic E-state index is -0.761. The van der Waals surface area contributed by atoms with Gasteiger partial charge < -0.3 is 19.8 Å². The topological polar surface area (TPSA) is 135 Å². The number of rotatable bonds is 8. The fourth-order valence-corrected chi connectivity index (χ4v) is 7.86. The number of ether oxygens (including phenoxy) is 2. The van der Waals surface area contributed by atoms with Gasteiger partial charge in [-0.25, -0.2) is 9.69 Å². The van der Waals surface area contributed by atoms with E-state index in [9.17, 15) is 24.0 Å². The average molecular weight is 630 g/mol. The van der Waals surface area contributed by atoms with Gasteiger partial charge in [-0.2, -0.15) is 0 Å². The van der Waals surface area contributed by atoms with Gasteiger partial charge in [0.2, 0.25) is 11.8 Å². The van der Waals surface area contributed by atoms with E-state index in [4.69, 9.17) is 9.47 Å². The monoisotopic (exact) mass is 629 g/mol. The van der Waals surface area contributed by atoms with Crippen LogP contribution < -0.4 is 19.8 Å². The molecule has 3 heterocycles. The molecule has 3 atom stereocenters. The Labute approximate surface area is 260 Å². The lowest BCUT2D eigenvalue weighted by Crippen LogP contribution is -2.32. The molecule has 0 saturated carbocycles. The molecule has 0 aliphatic carbocycles. The van der Waals surface area contributed by atoms with Crippen LogP contribution in [0.15, 0.2) is 82.6 Å². The molecular formula is C32H27N3O7S2. The Morgan fingerprint density at radius 2 is 1.64 bits per heavy atom. The summed E-state index contributed by atoms with van der Waals surface area (Å²) in [5.74, 6) is -2.44. The third-order valence-electron chi connectivity index (χ3n) is 7.41. The van der Waals surface area contributed by atoms with Crippen molar-refractivity contribution in [3.8, 4) is 5.75 Å². The van der Waals surface area contributed by atoms with Crippen LogP contribution in [0, 0.1) is 12.8 Å². The number of nitrogens with zero attached hydrogens (tertiary/aromatic N) is 1. The summed E-state index contributed by atoms with van der Waals surface area (Å²) in [6, 6.07) is 20.6. The molecule has 1 fully saturated rings. The lowest BCUT2D eigenvalue weighted by molar-refractivity contribution is -0.122. The molecule has 10 nitrogen and oxygen atoms in total. The van der Waals surface area contributed by atoms with Gasteiger partial charge in [-0.15, -0.1) is 0 Å². The van der Waals surface area contributed by atoms with Crippen molar-refractivity contribution in [1.82, 2.24) is 4.98 Å². The molecule has 4 aromatic rings. The summed E-state index contributed by atoms with van der Waals surface area (Å²) < 4.78 is 10.7. The molecule has 1 aromatic heterocycles. The number of thiazole rings is 1. The summed E-state index contributed by atoms with van der Waals surface area (Å²) in [6.45, 7) is 3.71. The van der Waals surface area contributed by atoms with Crippen molar-refractivity contribution in [2.75, 3.05) is 23.4 Å². The van der Waals surface area contributed by atoms with Crippen molar-refractivity contribution in [1.29, 1.82) is 0 Å². The van der Waals surface area contributed by atoms with E-state index in [-0.39, 0.29) is 29.9 Å². The van der Waals surface area contributed by atoms with Gasteiger partial charge in [-0.3, -0.25) is 19.2 Å². The number of aryl methyl sites for hydroxylation is 1. The first-order valence-electron chi connectivity index (χ1n) is 13.9. The van der Waals surface area contributed by atoms with E-state index in [2.05, 4.69) is 10.3 Å². The minimum Gasteiger partial charge on any atom is -0.484 e. The Kier molecular flexibility index (Phi) is 8.11. The van der Waals surface area contributed by atoms with E-state index >= 15 is 0 Å². The molecule has 12 heteroatoms. The van der Waals surface area contributed by atoms with Gasteiger partial charge in [-0.1, -0.05) is 52.9 Å². The molecule has 3 aromatic carbocycles. The number of hydrogen-bond acceptors (Lipinski definition) is 9. The quantitative estimate of drug-likeness (QED) is 0.211. The maximum absolute atomic E-state index is 13.9. The largest absolute Gasteiger partial charge is 0.484 e. The number of imide groups is 1. The van der Waals surface area contributed by atoms with Crippen LogP contribution in [0.4, 0.5) is 11.4 Å². The number of carbonyl (C=O) groups excluding carboxylic acids is 4. The van der Waals surface area contributed by atoms with Gasteiger partial charge in [0.05, 0.1) is 28.8 Å². The lowest BCUT2D eigenvalue weighted by atomic mass is 9.83. The number of carbonyl (C=O) groups is 4. The first-order valence-corrected chi connectivity index (χ1v) is 15.6. The molecule has 44 heavy (non-hydrogen) atoms. The predicted molar refractivity (Wildman–Crippen MR) is 167 cm³/mol. The summed E-state index contributed by atoms with van der Waals surface area (Å²) in [5.41, 5.74) is 3.15. The highest BCUT2D eigenvalue weighted by Crippen LogP contribution is 2.53. The second-order valence-corrected chi connectivity index (χ2v) is 12.5. The first-order chi connectivity index (χ1) is 21.2. The Hall–Kier alpha value is -4.68. The summed E-state index contributed by atoms with van der Waals surface area (Å²) in [5, 5.41) is 2.60. The fraction of sp³-hybridized carbons (Fsp3) is 0.219. The number of nitrogens with one attached hydrogen (secondary N) is 2. The standard InChI is InChI=1S/C32H27N3O7S2/c1-3-41-31(39)19-6-12-21(13-7-19)35-29(37)25-24(26-28(34-32(40)44-26)43-27(25)30(35)38)18-8-14-22(15-9-18)42-16-23(36)33-20-10-4-17(2)5-11-20/h4-15,24-25,27H,3,16H2,1-2H3,(H,33,36)(H,34,40)/t24-,25?,27?/m1/s1. The zero-order valence-corrected chi connectivity index (χ0v) is 25.3. The molecule has 2 N–H and O–H groups in total. The maximum atomic E-state index is 13.9. The van der Waals surface area contributed by atoms with E-state index < -0.39 is 29.0 Å². The van der Waals surface area contributed by atoms with Crippen LogP contribution in [0.25, 0.3) is 0 Å². The molecule has 0 radical (unpaired) electrons. The number of hydrogen-bond donors (Lipinski definition) is 2. The molecule has 2 aliphatic rings. The molecule has 0 spiro atoms. The van der Waals surface area contributed by atoms with Crippen LogP contribution in [-0.4, -0.2) is 47.1 Å². The van der Waals surface area contributed by atoms with Crippen LogP contribution in [0.2, 0.25) is 0 Å². The van der Waals surface area contributed by atoms with Crippen molar-refractivity contribution in [2.24, 2.45) is 5.92 Å². The predicted octanol–water partition coefficient (Wildman–Crippen LogP) is 4.73. The Bertz CT molecular complexity index is 1800. The molecule has 2 unspecified atom stereocenters. The smallest absolute Gasteiger partial charge is 0.338 e. The van der Waals surface area contributed by atoms with Gasteiger partial charge in [-0.05, 0) is 67.9 Å². The van der Waals surface area contributed by atoms with Crippen molar-refractivity contribution in [3.63, 3.8) is 0 Å². The third kappa shape index (κ3) is 5.65. The van der Waals surface area contributed by atoms with Crippen LogP contribution in [0.1, 0.15) is 39.2 Å². The van der Waals surface area contributed by atoms with Crippen LogP contribution in [0.3, 0.4) is 0 Å². The molecule has 0 bridgehead atoms. The SMILES string of the molecule is CCOC(=O)c1ccc(N2C(=O)C3Sc4[nH]c(=O)sc4[C@H](c4ccc(OCC(=O)Nc5ccc(C)cc5)cc4)C3C2=O)cc1. The summed E-state index contributed by atoms with van der Waals surface area (Å²) in [4.78, 5) is 68.8. The fourth-order valence-electron chi connectivity index (χ4n) is 5.35. The van der Waals surface area contributed by atoms with E-state index in [0.29, 0.717) is 32.6 Å². The average Bonchev–Trinajstić information content (AvgIpc) is 3.51. The number of H-pyrrole nitrogens is 1.